The molecule has 3 aliphatic rings. The Morgan fingerprint density at radius 1 is 1.17 bits per heavy atom. The molecule has 1 spiro atoms. The minimum Gasteiger partial charge on any atom is -0.508 e. The molecule has 1 N–H and O–H groups in total. The summed E-state index contributed by atoms with van der Waals surface area (Å²) in [4.78, 5) is 0. The molecule has 0 aliphatic heterocycles. The van der Waals surface area contributed by atoms with Crippen LogP contribution in [0.4, 0.5) is 0 Å². The maximum atomic E-state index is 9.79. The Morgan fingerprint density at radius 2 is 2.08 bits per heavy atom. The summed E-state index contributed by atoms with van der Waals surface area (Å²) in [6.07, 6.45) is 17.5. The minimum atomic E-state index is 0.420. The van der Waals surface area contributed by atoms with Gasteiger partial charge < -0.3 is 5.11 Å². The van der Waals surface area contributed by atoms with E-state index in [0.717, 1.165) is 30.1 Å². The van der Waals surface area contributed by atoms with Gasteiger partial charge >= 0.3 is 0 Å². The fourth-order valence-electron chi connectivity index (χ4n) is 6.39. The van der Waals surface area contributed by atoms with Crippen molar-refractivity contribution in [3.63, 3.8) is 0 Å². The molecule has 2 fully saturated rings. The molecule has 0 aromatic heterocycles. The van der Waals surface area contributed by atoms with Gasteiger partial charge in [0, 0.05) is 0 Å². The lowest BCUT2D eigenvalue weighted by Crippen LogP contribution is -2.45. The summed E-state index contributed by atoms with van der Waals surface area (Å²) in [5.74, 6) is 3.89. The quantitative estimate of drug-likeness (QED) is 0.649. The van der Waals surface area contributed by atoms with E-state index in [1.54, 1.807) is 6.07 Å². The summed E-state index contributed by atoms with van der Waals surface area (Å²) in [5, 5.41) is 9.79. The summed E-state index contributed by atoms with van der Waals surface area (Å²) >= 11 is 0. The second-order valence-electron chi connectivity index (χ2n) is 8.91. The maximum absolute atomic E-state index is 9.79. The third kappa shape index (κ3) is 3.03. The summed E-state index contributed by atoms with van der Waals surface area (Å²) in [5.41, 5.74) is 1.84. The maximum Gasteiger partial charge on any atom is 0.115 e. The van der Waals surface area contributed by atoms with E-state index in [-0.39, 0.29) is 0 Å². The second-order valence-corrected chi connectivity index (χ2v) is 8.91. The van der Waals surface area contributed by atoms with Gasteiger partial charge in [-0.1, -0.05) is 44.1 Å². The molecule has 130 valence electrons. The van der Waals surface area contributed by atoms with Gasteiger partial charge in [-0.2, -0.15) is 0 Å². The van der Waals surface area contributed by atoms with Crippen molar-refractivity contribution in [2.24, 2.45) is 29.1 Å². The lowest BCUT2D eigenvalue weighted by atomic mass is 9.51. The molecule has 1 heteroatoms. The number of phenols is 1. The first-order chi connectivity index (χ1) is 11.7. The van der Waals surface area contributed by atoms with Crippen LogP contribution in [0.5, 0.6) is 5.75 Å². The molecule has 0 unspecified atom stereocenters. The van der Waals surface area contributed by atoms with Crippen LogP contribution in [-0.4, -0.2) is 5.11 Å². The molecule has 5 atom stereocenters. The molecule has 0 radical (unpaired) electrons. The van der Waals surface area contributed by atoms with Gasteiger partial charge in [0.2, 0.25) is 0 Å². The fourth-order valence-corrected chi connectivity index (χ4v) is 6.39. The van der Waals surface area contributed by atoms with Gasteiger partial charge in [0.1, 0.15) is 5.75 Å². The van der Waals surface area contributed by atoms with E-state index in [1.807, 2.05) is 12.1 Å². The van der Waals surface area contributed by atoms with E-state index < -0.39 is 0 Å². The predicted molar refractivity (Wildman–Crippen MR) is 100.0 cm³/mol. The van der Waals surface area contributed by atoms with Crippen molar-refractivity contribution in [2.45, 2.75) is 64.7 Å². The zero-order chi connectivity index (χ0) is 16.6. The van der Waals surface area contributed by atoms with Gasteiger partial charge in [0.15, 0.2) is 0 Å². The standard InChI is InChI=1S/C23H32O/c1-17-6-4-12-23(16-17)13-5-10-21-19(8-3-11-22(21)23)14-18-7-2-9-20(24)15-18/h2,4,7,9,12,15,17,19,21-22,24H,3,5-6,8,10-11,13-14,16H2,1H3/t17-,19-,21-,22+,23+/m0/s1. The number of hydrogen-bond donors (Lipinski definition) is 1. The van der Waals surface area contributed by atoms with Crippen LogP contribution in [0.1, 0.15) is 63.9 Å². The highest BCUT2D eigenvalue weighted by Crippen LogP contribution is 2.57. The zero-order valence-electron chi connectivity index (χ0n) is 15.1. The normalized spacial score (nSPS) is 38.9. The average molecular weight is 325 g/mol. The van der Waals surface area contributed by atoms with Crippen LogP contribution in [0.25, 0.3) is 0 Å². The first-order valence-electron chi connectivity index (χ1n) is 10.1. The number of rotatable bonds is 2. The number of hydrogen-bond acceptors (Lipinski definition) is 1. The molecule has 1 nitrogen and oxygen atoms in total. The van der Waals surface area contributed by atoms with Crippen molar-refractivity contribution < 1.29 is 5.11 Å². The van der Waals surface area contributed by atoms with Crippen LogP contribution in [0.2, 0.25) is 0 Å². The van der Waals surface area contributed by atoms with Gasteiger partial charge in [-0.25, -0.2) is 0 Å². The van der Waals surface area contributed by atoms with Crippen LogP contribution >= 0.6 is 0 Å². The number of phenolic OH excluding ortho intramolecular Hbond substituents is 1. The molecular weight excluding hydrogens is 292 g/mol. The Bertz CT molecular complexity index is 604. The Labute approximate surface area is 147 Å². The van der Waals surface area contributed by atoms with E-state index in [9.17, 15) is 5.11 Å². The van der Waals surface area contributed by atoms with Crippen LogP contribution < -0.4 is 0 Å². The Morgan fingerprint density at radius 3 is 2.92 bits per heavy atom. The van der Waals surface area contributed by atoms with E-state index >= 15 is 0 Å². The van der Waals surface area contributed by atoms with E-state index in [1.165, 1.54) is 56.9 Å². The van der Waals surface area contributed by atoms with Gasteiger partial charge in [-0.3, -0.25) is 0 Å². The van der Waals surface area contributed by atoms with E-state index in [2.05, 4.69) is 25.1 Å². The minimum absolute atomic E-state index is 0.420. The first-order valence-corrected chi connectivity index (χ1v) is 10.1. The number of aromatic hydroxyl groups is 1. The Kier molecular flexibility index (Phi) is 4.45. The third-order valence-electron chi connectivity index (χ3n) is 7.26. The number of benzene rings is 1. The molecule has 2 saturated carbocycles. The molecule has 1 aromatic rings. The zero-order valence-corrected chi connectivity index (χ0v) is 15.1. The smallest absolute Gasteiger partial charge is 0.115 e. The predicted octanol–water partition coefficient (Wildman–Crippen LogP) is 6.12. The SMILES string of the molecule is C[C@H]1CC=C[C@@]2(CCC[C@H]3[C@H](Cc4cccc(O)c4)CCC[C@H]32)C1. The fraction of sp³-hybridized carbons (Fsp3) is 0.652. The number of allylic oxidation sites excluding steroid dienone is 2. The molecule has 1 aromatic carbocycles. The highest BCUT2D eigenvalue weighted by Gasteiger charge is 2.48. The number of fused-ring (bicyclic) bond motifs is 2. The van der Waals surface area contributed by atoms with Crippen molar-refractivity contribution in [3.05, 3.63) is 42.0 Å². The Hall–Kier alpha value is -1.24. The highest BCUT2D eigenvalue weighted by atomic mass is 16.3. The van der Waals surface area contributed by atoms with Crippen molar-refractivity contribution in [1.82, 2.24) is 0 Å². The summed E-state index contributed by atoms with van der Waals surface area (Å²) in [6, 6.07) is 7.96. The van der Waals surface area contributed by atoms with Crippen molar-refractivity contribution >= 4 is 0 Å². The van der Waals surface area contributed by atoms with Crippen LogP contribution in [-0.2, 0) is 6.42 Å². The molecule has 0 heterocycles. The van der Waals surface area contributed by atoms with Gasteiger partial charge in [-0.05, 0) is 91.7 Å². The monoisotopic (exact) mass is 324 g/mol. The molecule has 24 heavy (non-hydrogen) atoms. The van der Waals surface area contributed by atoms with Crippen molar-refractivity contribution in [3.8, 4) is 5.75 Å². The molecule has 3 aliphatic carbocycles. The lowest BCUT2D eigenvalue weighted by Gasteiger charge is -2.54. The average Bonchev–Trinajstić information content (AvgIpc) is 2.56. The molecule has 4 rings (SSSR count). The second kappa shape index (κ2) is 6.58. The van der Waals surface area contributed by atoms with E-state index in [4.69, 9.17) is 0 Å². The highest BCUT2D eigenvalue weighted by molar-refractivity contribution is 5.27. The Balaban J connectivity index is 1.56. The topological polar surface area (TPSA) is 20.2 Å². The summed E-state index contributed by atoms with van der Waals surface area (Å²) in [7, 11) is 0. The molecule has 0 saturated heterocycles. The van der Waals surface area contributed by atoms with Crippen LogP contribution in [0, 0.1) is 29.1 Å². The molecular formula is C23H32O. The summed E-state index contributed by atoms with van der Waals surface area (Å²) in [6.45, 7) is 2.45. The third-order valence-corrected chi connectivity index (χ3v) is 7.26. The van der Waals surface area contributed by atoms with Crippen molar-refractivity contribution in [1.29, 1.82) is 0 Å². The molecule has 0 bridgehead atoms. The summed E-state index contributed by atoms with van der Waals surface area (Å²) < 4.78 is 0. The van der Waals surface area contributed by atoms with E-state index in [0.29, 0.717) is 11.2 Å². The van der Waals surface area contributed by atoms with Gasteiger partial charge in [-0.15, -0.1) is 0 Å². The largest absolute Gasteiger partial charge is 0.508 e. The van der Waals surface area contributed by atoms with Crippen LogP contribution in [0.3, 0.4) is 0 Å². The van der Waals surface area contributed by atoms with Gasteiger partial charge in [0.25, 0.3) is 0 Å². The van der Waals surface area contributed by atoms with Crippen LogP contribution in [0.15, 0.2) is 36.4 Å². The molecule has 0 amide bonds. The lowest BCUT2D eigenvalue weighted by molar-refractivity contribution is -0.00557. The van der Waals surface area contributed by atoms with Gasteiger partial charge in [0.05, 0.1) is 0 Å². The first kappa shape index (κ1) is 16.2. The van der Waals surface area contributed by atoms with Crippen molar-refractivity contribution in [2.75, 3.05) is 0 Å².